The summed E-state index contributed by atoms with van der Waals surface area (Å²) in [6.07, 6.45) is 2.36. The van der Waals surface area contributed by atoms with Crippen molar-refractivity contribution in [2.75, 3.05) is 5.88 Å². The molecule has 0 unspecified atom stereocenters. The number of rotatable bonds is 5. The predicted molar refractivity (Wildman–Crippen MR) is 65.3 cm³/mol. The largest absolute Gasteiger partial charge is 0.335 e. The zero-order chi connectivity index (χ0) is 12.3. The van der Waals surface area contributed by atoms with Gasteiger partial charge in [-0.15, -0.1) is 11.6 Å². The van der Waals surface area contributed by atoms with E-state index in [2.05, 4.69) is 0 Å². The lowest BCUT2D eigenvalue weighted by molar-refractivity contribution is -0.132. The Balaban J connectivity index is 2.08. The van der Waals surface area contributed by atoms with Crippen LogP contribution < -0.4 is 0 Å². The number of amides is 1. The van der Waals surface area contributed by atoms with Crippen LogP contribution >= 0.6 is 11.6 Å². The van der Waals surface area contributed by atoms with Gasteiger partial charge in [0.2, 0.25) is 5.91 Å². The van der Waals surface area contributed by atoms with Gasteiger partial charge in [0.05, 0.1) is 0 Å². The highest BCUT2D eigenvalue weighted by molar-refractivity contribution is 6.18. The second-order valence-electron chi connectivity index (χ2n) is 4.28. The van der Waals surface area contributed by atoms with E-state index in [-0.39, 0.29) is 17.8 Å². The Kier molecular flexibility index (Phi) is 4.00. The first-order valence-electron chi connectivity index (χ1n) is 5.81. The minimum atomic E-state index is -0.253. The number of carbonyl (C=O) groups excluding carboxylic acids is 1. The maximum Gasteiger partial charge on any atom is 0.224 e. The first-order chi connectivity index (χ1) is 8.22. The second-order valence-corrected chi connectivity index (χ2v) is 4.66. The minimum absolute atomic E-state index is 0.0192. The zero-order valence-electron chi connectivity index (χ0n) is 9.53. The Hall–Kier alpha value is -1.09. The molecule has 1 aliphatic rings. The third kappa shape index (κ3) is 3.19. The molecule has 1 amide bonds. The molecule has 1 fully saturated rings. The predicted octanol–water partition coefficient (Wildman–Crippen LogP) is 2.95. The van der Waals surface area contributed by atoms with E-state index in [1.165, 1.54) is 6.07 Å². The summed E-state index contributed by atoms with van der Waals surface area (Å²) in [7, 11) is 0. The third-order valence-corrected chi connectivity index (χ3v) is 3.10. The van der Waals surface area contributed by atoms with Crippen LogP contribution in [0.2, 0.25) is 0 Å². The quantitative estimate of drug-likeness (QED) is 0.741. The molecule has 17 heavy (non-hydrogen) atoms. The first kappa shape index (κ1) is 12.4. The van der Waals surface area contributed by atoms with Gasteiger partial charge in [0.15, 0.2) is 0 Å². The van der Waals surface area contributed by atoms with Crippen molar-refractivity contribution in [2.45, 2.75) is 31.8 Å². The third-order valence-electron chi connectivity index (χ3n) is 2.91. The number of alkyl halides is 1. The summed E-state index contributed by atoms with van der Waals surface area (Å²) in [4.78, 5) is 13.6. The molecule has 0 aromatic heterocycles. The van der Waals surface area contributed by atoms with Crippen LogP contribution in [-0.2, 0) is 11.3 Å². The van der Waals surface area contributed by atoms with Crippen LogP contribution in [0.4, 0.5) is 4.39 Å². The molecule has 92 valence electrons. The van der Waals surface area contributed by atoms with Crippen molar-refractivity contribution in [3.8, 4) is 0 Å². The van der Waals surface area contributed by atoms with Crippen molar-refractivity contribution in [3.05, 3.63) is 35.6 Å². The number of nitrogens with zero attached hydrogens (tertiary/aromatic N) is 1. The van der Waals surface area contributed by atoms with E-state index < -0.39 is 0 Å². The summed E-state index contributed by atoms with van der Waals surface area (Å²) in [5, 5.41) is 0. The van der Waals surface area contributed by atoms with E-state index >= 15 is 0 Å². The lowest BCUT2D eigenvalue weighted by Gasteiger charge is -2.22. The lowest BCUT2D eigenvalue weighted by atomic mass is 10.2. The van der Waals surface area contributed by atoms with Gasteiger partial charge in [-0.2, -0.15) is 0 Å². The van der Waals surface area contributed by atoms with Crippen molar-refractivity contribution in [1.82, 2.24) is 4.90 Å². The summed E-state index contributed by atoms with van der Waals surface area (Å²) < 4.78 is 13.5. The highest BCUT2D eigenvalue weighted by Gasteiger charge is 2.32. The number of hydrogen-bond donors (Lipinski definition) is 0. The molecule has 2 nitrogen and oxygen atoms in total. The molecule has 4 heteroatoms. The van der Waals surface area contributed by atoms with Gasteiger partial charge in [-0.05, 0) is 18.9 Å². The summed E-state index contributed by atoms with van der Waals surface area (Å²) in [5.41, 5.74) is 0.572. The molecule has 0 radical (unpaired) electrons. The van der Waals surface area contributed by atoms with E-state index in [4.69, 9.17) is 11.6 Å². The molecule has 0 heterocycles. The highest BCUT2D eigenvalue weighted by atomic mass is 35.5. The van der Waals surface area contributed by atoms with Gasteiger partial charge in [-0.1, -0.05) is 18.2 Å². The molecule has 1 saturated carbocycles. The van der Waals surface area contributed by atoms with Crippen LogP contribution in [0, 0.1) is 5.82 Å². The summed E-state index contributed by atoms with van der Waals surface area (Å²) in [6.45, 7) is 0.354. The van der Waals surface area contributed by atoms with Crippen molar-refractivity contribution >= 4 is 17.5 Å². The van der Waals surface area contributed by atoms with Gasteiger partial charge >= 0.3 is 0 Å². The van der Waals surface area contributed by atoms with Gasteiger partial charge in [0.25, 0.3) is 0 Å². The standard InChI is InChI=1S/C13H15ClFNO/c14-8-7-13(17)16(11-5-6-11)9-10-3-1-2-4-12(10)15/h1-4,11H,5-9H2. The van der Waals surface area contributed by atoms with Gasteiger partial charge in [0, 0.05) is 30.5 Å². The SMILES string of the molecule is O=C(CCCl)N(Cc1ccccc1F)C1CC1. The summed E-state index contributed by atoms with van der Waals surface area (Å²) >= 11 is 5.58. The fraction of sp³-hybridized carbons (Fsp3) is 0.462. The molecular weight excluding hydrogens is 241 g/mol. The molecule has 1 aromatic rings. The molecule has 0 aliphatic heterocycles. The molecule has 0 N–H and O–H groups in total. The van der Waals surface area contributed by atoms with Crippen LogP contribution in [0.3, 0.4) is 0 Å². The Bertz CT molecular complexity index is 406. The van der Waals surface area contributed by atoms with Gasteiger partial charge < -0.3 is 4.90 Å². The Morgan fingerprint density at radius 3 is 2.71 bits per heavy atom. The van der Waals surface area contributed by atoms with Crippen molar-refractivity contribution in [2.24, 2.45) is 0 Å². The van der Waals surface area contributed by atoms with Gasteiger partial charge in [-0.25, -0.2) is 4.39 Å². The van der Waals surface area contributed by atoms with Crippen molar-refractivity contribution in [3.63, 3.8) is 0 Å². The van der Waals surface area contributed by atoms with Crippen molar-refractivity contribution in [1.29, 1.82) is 0 Å². The lowest BCUT2D eigenvalue weighted by Crippen LogP contribution is -2.33. The minimum Gasteiger partial charge on any atom is -0.335 e. The Morgan fingerprint density at radius 1 is 1.41 bits per heavy atom. The van der Waals surface area contributed by atoms with E-state index in [1.807, 2.05) is 0 Å². The van der Waals surface area contributed by atoms with Gasteiger partial charge in [-0.3, -0.25) is 4.79 Å². The van der Waals surface area contributed by atoms with Crippen LogP contribution in [0.1, 0.15) is 24.8 Å². The van der Waals surface area contributed by atoms with Crippen LogP contribution in [0.5, 0.6) is 0 Å². The molecule has 0 bridgehead atoms. The number of halogens is 2. The summed E-state index contributed by atoms with van der Waals surface area (Å²) in [6, 6.07) is 6.87. The monoisotopic (exact) mass is 255 g/mol. The highest BCUT2D eigenvalue weighted by Crippen LogP contribution is 2.29. The fourth-order valence-electron chi connectivity index (χ4n) is 1.84. The number of hydrogen-bond acceptors (Lipinski definition) is 1. The van der Waals surface area contributed by atoms with E-state index in [0.717, 1.165) is 12.8 Å². The summed E-state index contributed by atoms with van der Waals surface area (Å²) in [5.74, 6) is 0.0850. The molecule has 0 atom stereocenters. The molecule has 1 aliphatic carbocycles. The topological polar surface area (TPSA) is 20.3 Å². The maximum atomic E-state index is 13.5. The Labute approximate surface area is 105 Å². The van der Waals surface area contributed by atoms with Gasteiger partial charge in [0.1, 0.15) is 5.82 Å². The molecule has 1 aromatic carbocycles. The fourth-order valence-corrected chi connectivity index (χ4v) is 2.00. The molecule has 0 saturated heterocycles. The molecular formula is C13H15ClFNO. The molecule has 0 spiro atoms. The smallest absolute Gasteiger partial charge is 0.224 e. The van der Waals surface area contributed by atoms with Crippen LogP contribution in [-0.4, -0.2) is 22.7 Å². The molecule has 2 rings (SSSR count). The number of carbonyl (C=O) groups is 1. The maximum absolute atomic E-state index is 13.5. The van der Waals surface area contributed by atoms with E-state index in [9.17, 15) is 9.18 Å². The average Bonchev–Trinajstić information content (AvgIpc) is 3.12. The zero-order valence-corrected chi connectivity index (χ0v) is 10.3. The van der Waals surface area contributed by atoms with Crippen LogP contribution in [0.15, 0.2) is 24.3 Å². The second kappa shape index (κ2) is 5.50. The Morgan fingerprint density at radius 2 is 2.12 bits per heavy atom. The normalized spacial score (nSPS) is 14.7. The van der Waals surface area contributed by atoms with E-state index in [0.29, 0.717) is 24.4 Å². The number of benzene rings is 1. The first-order valence-corrected chi connectivity index (χ1v) is 6.34. The average molecular weight is 256 g/mol. The van der Waals surface area contributed by atoms with Crippen molar-refractivity contribution < 1.29 is 9.18 Å². The van der Waals surface area contributed by atoms with Crippen LogP contribution in [0.25, 0.3) is 0 Å². The van der Waals surface area contributed by atoms with E-state index in [1.54, 1.807) is 23.1 Å².